The molecule has 9 heteroatoms. The molecule has 0 radical (unpaired) electrons. The minimum absolute atomic E-state index is 0.294. The Morgan fingerprint density at radius 1 is 1.31 bits per heavy atom. The highest BCUT2D eigenvalue weighted by atomic mass is 79.9. The third-order valence-corrected chi connectivity index (χ3v) is 5.31. The molecule has 1 aromatic heterocycles. The number of carbonyl (C=O) groups is 1. The fraction of sp³-hybridized carbons (Fsp3) is 0.176. The van der Waals surface area contributed by atoms with Gasteiger partial charge in [-0.3, -0.25) is 10.2 Å². The van der Waals surface area contributed by atoms with Gasteiger partial charge in [0.15, 0.2) is 10.7 Å². The zero-order valence-corrected chi connectivity index (χ0v) is 17.1. The Labute approximate surface area is 167 Å². The standard InChI is InChI=1S/C17H16BrClN4O2S/c1-17(2,25-11-5-3-9(18)4-6-11)15(24)21-10-7-12(19)14-13(8-10)26-16(22-14)23-20/h3-8H,20H2,1-2H3,(H,21,24)(H,22,23). The first-order valence-corrected chi connectivity index (χ1v) is 9.60. The summed E-state index contributed by atoms with van der Waals surface area (Å²) in [5.41, 5.74) is 2.62. The molecule has 6 nitrogen and oxygen atoms in total. The zero-order chi connectivity index (χ0) is 18.9. The summed E-state index contributed by atoms with van der Waals surface area (Å²) in [5, 5.41) is 3.82. The van der Waals surface area contributed by atoms with Crippen molar-refractivity contribution < 1.29 is 9.53 Å². The number of halogens is 2. The van der Waals surface area contributed by atoms with Crippen molar-refractivity contribution in [3.8, 4) is 5.75 Å². The van der Waals surface area contributed by atoms with E-state index >= 15 is 0 Å². The number of hydrogen-bond acceptors (Lipinski definition) is 6. The van der Waals surface area contributed by atoms with Crippen molar-refractivity contribution in [3.63, 3.8) is 0 Å². The van der Waals surface area contributed by atoms with Crippen LogP contribution in [0.2, 0.25) is 5.02 Å². The summed E-state index contributed by atoms with van der Waals surface area (Å²) in [7, 11) is 0. The number of nitrogens with two attached hydrogens (primary N) is 1. The first-order valence-electron chi connectivity index (χ1n) is 7.61. The van der Waals surface area contributed by atoms with Crippen LogP contribution in [0.4, 0.5) is 10.8 Å². The molecule has 0 aliphatic rings. The number of nitrogen functional groups attached to an aromatic ring is 1. The average molecular weight is 456 g/mol. The van der Waals surface area contributed by atoms with Crippen LogP contribution in [0.3, 0.4) is 0 Å². The van der Waals surface area contributed by atoms with Crippen LogP contribution < -0.4 is 21.3 Å². The van der Waals surface area contributed by atoms with Crippen LogP contribution in [-0.4, -0.2) is 16.5 Å². The molecule has 0 spiro atoms. The first-order chi connectivity index (χ1) is 12.3. The number of nitrogens with zero attached hydrogens (tertiary/aromatic N) is 1. The predicted octanol–water partition coefficient (Wildman–Crippen LogP) is 4.79. The monoisotopic (exact) mass is 454 g/mol. The lowest BCUT2D eigenvalue weighted by molar-refractivity contribution is -0.128. The van der Waals surface area contributed by atoms with Crippen LogP contribution in [0.15, 0.2) is 40.9 Å². The van der Waals surface area contributed by atoms with Crippen molar-refractivity contribution >= 4 is 65.8 Å². The van der Waals surface area contributed by atoms with E-state index in [1.807, 2.05) is 12.1 Å². The van der Waals surface area contributed by atoms with Gasteiger partial charge in [-0.15, -0.1) is 0 Å². The van der Waals surface area contributed by atoms with Gasteiger partial charge in [0, 0.05) is 10.2 Å². The SMILES string of the molecule is CC(C)(Oc1ccc(Br)cc1)C(=O)Nc1cc(Cl)c2nc(NN)sc2c1. The average Bonchev–Trinajstić information content (AvgIpc) is 3.00. The van der Waals surface area contributed by atoms with E-state index in [9.17, 15) is 4.79 Å². The normalized spacial score (nSPS) is 11.4. The fourth-order valence-corrected chi connectivity index (χ4v) is 3.67. The minimum Gasteiger partial charge on any atom is -0.478 e. The topological polar surface area (TPSA) is 89.3 Å². The van der Waals surface area contributed by atoms with E-state index in [0.29, 0.717) is 27.1 Å². The van der Waals surface area contributed by atoms with E-state index < -0.39 is 5.60 Å². The Morgan fingerprint density at radius 2 is 2.00 bits per heavy atom. The van der Waals surface area contributed by atoms with Gasteiger partial charge in [0.25, 0.3) is 5.91 Å². The van der Waals surface area contributed by atoms with Gasteiger partial charge >= 0.3 is 0 Å². The van der Waals surface area contributed by atoms with E-state index in [0.717, 1.165) is 9.17 Å². The molecule has 0 saturated heterocycles. The van der Waals surface area contributed by atoms with Gasteiger partial charge in [0.05, 0.1) is 9.72 Å². The lowest BCUT2D eigenvalue weighted by atomic mass is 10.1. The molecule has 0 aliphatic carbocycles. The molecule has 0 saturated carbocycles. The Kier molecular flexibility index (Phi) is 5.38. The number of thiazole rings is 1. The van der Waals surface area contributed by atoms with Crippen LogP contribution in [0, 0.1) is 0 Å². The minimum atomic E-state index is -1.08. The van der Waals surface area contributed by atoms with Crippen molar-refractivity contribution in [3.05, 3.63) is 45.9 Å². The Bertz CT molecular complexity index is 959. The molecular formula is C17H16BrClN4O2S. The second-order valence-electron chi connectivity index (χ2n) is 5.99. The molecule has 1 heterocycles. The number of nitrogens with one attached hydrogen (secondary N) is 2. The van der Waals surface area contributed by atoms with Crippen LogP contribution in [-0.2, 0) is 4.79 Å². The number of aromatic nitrogens is 1. The van der Waals surface area contributed by atoms with Gasteiger partial charge < -0.3 is 10.1 Å². The smallest absolute Gasteiger partial charge is 0.267 e. The van der Waals surface area contributed by atoms with Crippen LogP contribution in [0.5, 0.6) is 5.75 Å². The summed E-state index contributed by atoms with van der Waals surface area (Å²) in [6.07, 6.45) is 0. The number of anilines is 2. The zero-order valence-electron chi connectivity index (χ0n) is 14.0. The Hall–Kier alpha value is -1.87. The van der Waals surface area contributed by atoms with Crippen LogP contribution >= 0.6 is 38.9 Å². The van der Waals surface area contributed by atoms with E-state index in [-0.39, 0.29) is 5.91 Å². The molecule has 3 rings (SSSR count). The second kappa shape index (κ2) is 7.40. The number of hydrazine groups is 1. The first kappa shape index (κ1) is 18.9. The number of benzene rings is 2. The van der Waals surface area contributed by atoms with Gasteiger partial charge in [0.1, 0.15) is 11.3 Å². The van der Waals surface area contributed by atoms with Crippen molar-refractivity contribution in [2.75, 3.05) is 10.7 Å². The maximum Gasteiger partial charge on any atom is 0.267 e. The van der Waals surface area contributed by atoms with E-state index in [2.05, 4.69) is 31.7 Å². The van der Waals surface area contributed by atoms with E-state index in [4.69, 9.17) is 22.2 Å². The molecule has 0 fully saturated rings. The summed E-state index contributed by atoms with van der Waals surface area (Å²) >= 11 is 11.0. The molecule has 0 aliphatic heterocycles. The van der Waals surface area contributed by atoms with Gasteiger partial charge in [-0.2, -0.15) is 0 Å². The molecule has 3 aromatic rings. The summed E-state index contributed by atoms with van der Waals surface area (Å²) in [5.74, 6) is 5.69. The molecule has 2 aromatic carbocycles. The van der Waals surface area contributed by atoms with Gasteiger partial charge in [-0.25, -0.2) is 10.8 Å². The molecule has 4 N–H and O–H groups in total. The summed E-state index contributed by atoms with van der Waals surface area (Å²) in [6.45, 7) is 3.40. The van der Waals surface area contributed by atoms with Crippen molar-refractivity contribution in [1.29, 1.82) is 0 Å². The third-order valence-electron chi connectivity index (χ3n) is 3.56. The number of rotatable bonds is 5. The number of ether oxygens (including phenoxy) is 1. The number of fused-ring (bicyclic) bond motifs is 1. The quantitative estimate of drug-likeness (QED) is 0.380. The molecule has 1 amide bonds. The van der Waals surface area contributed by atoms with Gasteiger partial charge in [0.2, 0.25) is 0 Å². The molecule has 26 heavy (non-hydrogen) atoms. The summed E-state index contributed by atoms with van der Waals surface area (Å²) < 4.78 is 7.58. The van der Waals surface area contributed by atoms with Crippen molar-refractivity contribution in [2.24, 2.45) is 5.84 Å². The van der Waals surface area contributed by atoms with Crippen LogP contribution in [0.1, 0.15) is 13.8 Å². The third kappa shape index (κ3) is 4.09. The van der Waals surface area contributed by atoms with Gasteiger partial charge in [-0.1, -0.05) is 38.9 Å². The number of hydrogen-bond donors (Lipinski definition) is 3. The maximum absolute atomic E-state index is 12.7. The predicted molar refractivity (Wildman–Crippen MR) is 110 cm³/mol. The lowest BCUT2D eigenvalue weighted by Crippen LogP contribution is -2.42. The molecule has 0 bridgehead atoms. The largest absolute Gasteiger partial charge is 0.478 e. The summed E-state index contributed by atoms with van der Waals surface area (Å²) in [6, 6.07) is 10.7. The van der Waals surface area contributed by atoms with Crippen LogP contribution in [0.25, 0.3) is 10.2 Å². The lowest BCUT2D eigenvalue weighted by Gasteiger charge is -2.25. The number of amides is 1. The highest BCUT2D eigenvalue weighted by Gasteiger charge is 2.30. The molecule has 136 valence electrons. The van der Waals surface area contributed by atoms with E-state index in [1.165, 1.54) is 11.3 Å². The fourth-order valence-electron chi connectivity index (χ4n) is 2.25. The Morgan fingerprint density at radius 3 is 2.65 bits per heavy atom. The molecule has 0 unspecified atom stereocenters. The van der Waals surface area contributed by atoms with E-state index in [1.54, 1.807) is 38.1 Å². The van der Waals surface area contributed by atoms with Gasteiger partial charge in [-0.05, 0) is 50.2 Å². The van der Waals surface area contributed by atoms with Crippen molar-refractivity contribution in [2.45, 2.75) is 19.4 Å². The van der Waals surface area contributed by atoms with Crippen molar-refractivity contribution in [1.82, 2.24) is 4.98 Å². The second-order valence-corrected chi connectivity index (χ2v) is 8.34. The molecule has 0 atom stereocenters. The number of carbonyl (C=O) groups excluding carboxylic acids is 1. The summed E-state index contributed by atoms with van der Waals surface area (Å²) in [4.78, 5) is 17.0. The maximum atomic E-state index is 12.7. The Balaban J connectivity index is 1.79. The molecular weight excluding hydrogens is 440 g/mol. The highest BCUT2D eigenvalue weighted by Crippen LogP contribution is 2.34. The highest BCUT2D eigenvalue weighted by molar-refractivity contribution is 9.10.